The molecule has 0 N–H and O–H groups in total. The number of hydrogen-bond acceptors (Lipinski definition) is 0. The van der Waals surface area contributed by atoms with Crippen LogP contribution >= 0.6 is 0 Å². The van der Waals surface area contributed by atoms with Crippen molar-refractivity contribution in [3.8, 4) is 22.3 Å². The summed E-state index contributed by atoms with van der Waals surface area (Å²) in [5.74, 6) is -1.88. The average Bonchev–Trinajstić information content (AvgIpc) is 3.64. The van der Waals surface area contributed by atoms with Crippen LogP contribution in [0.15, 0.2) is 71.8 Å². The molecule has 0 saturated carbocycles. The zero-order valence-electron chi connectivity index (χ0n) is 36.7. The van der Waals surface area contributed by atoms with Crippen molar-refractivity contribution in [3.63, 3.8) is 0 Å². The van der Waals surface area contributed by atoms with Crippen molar-refractivity contribution < 1.29 is 70.6 Å². The Bertz CT molecular complexity index is 2300. The minimum atomic E-state index is -5.07. The van der Waals surface area contributed by atoms with Crippen LogP contribution in [-0.4, -0.2) is 5.92 Å². The summed E-state index contributed by atoms with van der Waals surface area (Å²) in [6, 6.07) is 10.9. The quantitative estimate of drug-likeness (QED) is 0.138. The van der Waals surface area contributed by atoms with Gasteiger partial charge in [-0.15, -0.1) is 0 Å². The van der Waals surface area contributed by atoms with Gasteiger partial charge in [0.05, 0.1) is 0 Å². The van der Waals surface area contributed by atoms with Crippen LogP contribution in [0.25, 0.3) is 34.4 Å². The molecule has 2 aliphatic carbocycles. The van der Waals surface area contributed by atoms with Crippen molar-refractivity contribution in [2.75, 3.05) is 0 Å². The van der Waals surface area contributed by atoms with Gasteiger partial charge in [0.15, 0.2) is 0 Å². The Morgan fingerprint density at radius 2 is 0.726 bits per heavy atom. The van der Waals surface area contributed by atoms with Crippen LogP contribution in [0, 0.1) is 0 Å². The Labute approximate surface area is 357 Å². The molecule has 4 aromatic rings. The summed E-state index contributed by atoms with van der Waals surface area (Å²) in [5.41, 5.74) is -1.26. The molecule has 0 bridgehead atoms. The number of allylic oxidation sites excluding steroid dienone is 2. The first-order valence-electron chi connectivity index (χ1n) is 20.4. The van der Waals surface area contributed by atoms with E-state index in [-0.39, 0.29) is 41.6 Å². The SMILES string of the molecule is CC1=Cc2c(ccc(C(C)(C)C)c2-c2cc(C(F)(F)F)cc(C(F)(F)F)c2)[CH]1[Zr]([CH3])([CH3])([CH]1C(C)=Cc2c1ccc(C(C)(C)C)c2-c1cc(C(F)(F)F)cc(C(F)(F)F)c1)[SiH](C)C. The van der Waals surface area contributed by atoms with E-state index in [0.29, 0.717) is 22.3 Å². The molecular weight excluding hydrogens is 924 g/mol. The summed E-state index contributed by atoms with van der Waals surface area (Å²) >= 11 is -4.70. The van der Waals surface area contributed by atoms with Gasteiger partial charge in [-0.1, -0.05) is 0 Å². The zero-order chi connectivity index (χ0) is 46.9. The van der Waals surface area contributed by atoms with E-state index in [9.17, 15) is 52.7 Å². The van der Waals surface area contributed by atoms with E-state index in [1.54, 1.807) is 0 Å². The Balaban J connectivity index is 1.67. The number of fused-ring (bicyclic) bond motifs is 2. The summed E-state index contributed by atoms with van der Waals surface area (Å²) < 4.78 is 176. The molecular formula is C48H51F12SiZr. The summed E-state index contributed by atoms with van der Waals surface area (Å²) in [7, 11) is 0. The van der Waals surface area contributed by atoms with Gasteiger partial charge in [0.25, 0.3) is 0 Å². The van der Waals surface area contributed by atoms with Crippen LogP contribution in [0.2, 0.25) is 22.4 Å². The van der Waals surface area contributed by atoms with Gasteiger partial charge in [0, 0.05) is 0 Å². The third-order valence-corrected chi connectivity index (χ3v) is 61.0. The van der Waals surface area contributed by atoms with Gasteiger partial charge in [-0.2, -0.15) is 0 Å². The normalized spacial score (nSPS) is 18.4. The average molecular weight is 975 g/mol. The predicted octanol–water partition coefficient (Wildman–Crippen LogP) is 17.1. The molecule has 335 valence electrons. The molecule has 6 rings (SSSR count). The summed E-state index contributed by atoms with van der Waals surface area (Å²) in [5, 5.41) is 0. The molecule has 2 aliphatic rings. The van der Waals surface area contributed by atoms with Gasteiger partial charge in [0.1, 0.15) is 0 Å². The van der Waals surface area contributed by atoms with Gasteiger partial charge in [0.2, 0.25) is 0 Å². The number of benzene rings is 4. The van der Waals surface area contributed by atoms with Crippen molar-refractivity contribution in [1.29, 1.82) is 0 Å². The number of halogens is 12. The van der Waals surface area contributed by atoms with Crippen molar-refractivity contribution in [2.24, 2.45) is 0 Å². The van der Waals surface area contributed by atoms with Gasteiger partial charge < -0.3 is 0 Å². The topological polar surface area (TPSA) is 0 Å². The fraction of sp³-hybridized carbons (Fsp3) is 0.417. The molecule has 2 atom stereocenters. The second-order valence-corrected chi connectivity index (χ2v) is 58.5. The van der Waals surface area contributed by atoms with E-state index >= 15 is 0 Å². The molecule has 62 heavy (non-hydrogen) atoms. The molecule has 2 unspecified atom stereocenters. The summed E-state index contributed by atoms with van der Waals surface area (Å²) in [4.78, 5) is 0. The fourth-order valence-corrected chi connectivity index (χ4v) is 41.3. The monoisotopic (exact) mass is 973 g/mol. The van der Waals surface area contributed by atoms with Crippen LogP contribution in [0.3, 0.4) is 0 Å². The van der Waals surface area contributed by atoms with Crippen LogP contribution in [0.1, 0.15) is 118 Å². The number of rotatable bonds is 5. The Morgan fingerprint density at radius 1 is 0.452 bits per heavy atom. The molecule has 4 aromatic carbocycles. The standard InChI is InChI=1S/2C22H19F6.C2H7Si.2CH3.Zr/c2*1-12-7-13-5-6-18(20(2,3)4)19(17(13)8-12)14-9-15(21(23,24)25)11-16(10-14)22(26,27)28;1-3-2;;;/h2*5-11H,1-4H3;3H,1-2H3;2*1H3;. The van der Waals surface area contributed by atoms with Crippen molar-refractivity contribution in [2.45, 2.75) is 121 Å². The molecule has 0 aromatic heterocycles. The minimum absolute atomic E-state index is 0.126. The molecule has 0 spiro atoms. The Kier molecular flexibility index (Phi) is 11.5. The molecule has 0 radical (unpaired) electrons. The first kappa shape index (κ1) is 48.1. The summed E-state index contributed by atoms with van der Waals surface area (Å²) in [6.45, 7) is 19.4. The zero-order valence-corrected chi connectivity index (χ0v) is 40.3. The molecule has 0 heterocycles. The molecule has 0 aliphatic heterocycles. The molecule has 0 amide bonds. The van der Waals surface area contributed by atoms with Gasteiger partial charge in [-0.3, -0.25) is 0 Å². The van der Waals surface area contributed by atoms with E-state index in [4.69, 9.17) is 0 Å². The van der Waals surface area contributed by atoms with Crippen LogP contribution in [0.4, 0.5) is 52.7 Å². The van der Waals surface area contributed by atoms with E-state index in [1.807, 2.05) is 91.8 Å². The van der Waals surface area contributed by atoms with Crippen LogP contribution in [-0.2, 0) is 53.5 Å². The first-order valence-corrected chi connectivity index (χ1v) is 35.3. The second-order valence-electron chi connectivity index (χ2n) is 20.6. The second kappa shape index (κ2) is 14.8. The number of hydrogen-bond donors (Lipinski definition) is 0. The maximum atomic E-state index is 14.3. The maximum absolute atomic E-state index is 14.3. The third-order valence-electron chi connectivity index (χ3n) is 13.8. The van der Waals surface area contributed by atoms with Crippen molar-refractivity contribution in [3.05, 3.63) is 127 Å². The van der Waals surface area contributed by atoms with E-state index in [1.165, 1.54) is 0 Å². The van der Waals surface area contributed by atoms with E-state index in [2.05, 4.69) is 22.4 Å². The fourth-order valence-electron chi connectivity index (χ4n) is 10.5. The first-order chi connectivity index (χ1) is 27.9. The van der Waals surface area contributed by atoms with Crippen LogP contribution < -0.4 is 0 Å². The Hall–Kier alpha value is -3.38. The third kappa shape index (κ3) is 8.15. The van der Waals surface area contributed by atoms with Crippen LogP contribution in [0.5, 0.6) is 0 Å². The molecule has 0 saturated heterocycles. The molecule has 0 fully saturated rings. The predicted molar refractivity (Wildman–Crippen MR) is 225 cm³/mol. The summed E-state index contributed by atoms with van der Waals surface area (Å²) in [6.07, 6.45) is -16.5. The van der Waals surface area contributed by atoms with E-state index < -0.39 is 81.7 Å². The van der Waals surface area contributed by atoms with Crippen molar-refractivity contribution >= 4 is 18.1 Å². The van der Waals surface area contributed by atoms with Gasteiger partial charge in [-0.25, -0.2) is 0 Å². The van der Waals surface area contributed by atoms with Gasteiger partial charge >= 0.3 is 359 Å². The van der Waals surface area contributed by atoms with Gasteiger partial charge in [-0.05, 0) is 0 Å². The Morgan fingerprint density at radius 3 is 0.952 bits per heavy atom. The number of alkyl halides is 12. The van der Waals surface area contributed by atoms with E-state index in [0.717, 1.165) is 46.5 Å². The molecule has 14 heteroatoms. The van der Waals surface area contributed by atoms with Crippen molar-refractivity contribution in [1.82, 2.24) is 0 Å². The molecule has 0 nitrogen and oxygen atoms in total.